The number of aliphatic hydroxyl groups is 1. The van der Waals surface area contributed by atoms with Crippen molar-refractivity contribution in [2.45, 2.75) is 30.2 Å². The van der Waals surface area contributed by atoms with Crippen molar-refractivity contribution in [2.75, 3.05) is 11.9 Å². The maximum Gasteiger partial charge on any atom is 0.258 e. The van der Waals surface area contributed by atoms with E-state index in [1.807, 2.05) is 24.3 Å². The summed E-state index contributed by atoms with van der Waals surface area (Å²) in [4.78, 5) is 33.2. The Labute approximate surface area is 185 Å². The Hall–Kier alpha value is -3.23. The van der Waals surface area contributed by atoms with Crippen LogP contribution in [0.15, 0.2) is 72.1 Å². The fraction of sp³-hybridized carbons (Fsp3) is 0.217. The van der Waals surface area contributed by atoms with Gasteiger partial charge in [-0.2, -0.15) is 0 Å². The average molecular weight is 437 g/mol. The molecule has 0 saturated carbocycles. The summed E-state index contributed by atoms with van der Waals surface area (Å²) in [5.41, 5.74) is 2.99. The monoisotopic (exact) mass is 436 g/mol. The van der Waals surface area contributed by atoms with Gasteiger partial charge in [-0.15, -0.1) is 0 Å². The molecule has 0 bridgehead atoms. The van der Waals surface area contributed by atoms with Crippen LogP contribution in [0.4, 0.5) is 5.69 Å². The molecule has 1 aromatic carbocycles. The van der Waals surface area contributed by atoms with E-state index >= 15 is 0 Å². The number of pyridine rings is 2. The van der Waals surface area contributed by atoms with Gasteiger partial charge in [0.1, 0.15) is 17.0 Å². The van der Waals surface area contributed by atoms with E-state index in [1.165, 1.54) is 11.8 Å². The Bertz CT molecular complexity index is 1040. The summed E-state index contributed by atoms with van der Waals surface area (Å²) >= 11 is 1.22. The number of anilines is 1. The van der Waals surface area contributed by atoms with Crippen molar-refractivity contribution in [3.63, 3.8) is 0 Å². The molecule has 2 aromatic heterocycles. The molecule has 0 fully saturated rings. The van der Waals surface area contributed by atoms with Crippen molar-refractivity contribution < 1.29 is 14.7 Å². The Kier molecular flexibility index (Phi) is 7.75. The molecule has 0 radical (unpaired) electrons. The zero-order valence-electron chi connectivity index (χ0n) is 17.3. The van der Waals surface area contributed by atoms with Crippen molar-refractivity contribution in [1.29, 1.82) is 0 Å². The highest BCUT2D eigenvalue weighted by Crippen LogP contribution is 2.34. The number of amides is 2. The second kappa shape index (κ2) is 10.7. The molecule has 0 spiro atoms. The van der Waals surface area contributed by atoms with Crippen LogP contribution in [-0.4, -0.2) is 33.5 Å². The molecule has 2 heterocycles. The van der Waals surface area contributed by atoms with Gasteiger partial charge in [-0.1, -0.05) is 37.7 Å². The first-order valence-corrected chi connectivity index (χ1v) is 10.7. The number of rotatable bonds is 8. The number of hydrogen-bond acceptors (Lipinski definition) is 6. The van der Waals surface area contributed by atoms with Crippen LogP contribution in [0.5, 0.6) is 0 Å². The number of aromatic nitrogens is 2. The zero-order valence-corrected chi connectivity index (χ0v) is 18.1. The van der Waals surface area contributed by atoms with E-state index in [0.29, 0.717) is 22.2 Å². The van der Waals surface area contributed by atoms with E-state index in [0.717, 1.165) is 11.1 Å². The lowest BCUT2D eigenvalue weighted by molar-refractivity contribution is -0.124. The van der Waals surface area contributed by atoms with Crippen LogP contribution in [0.2, 0.25) is 0 Å². The molecule has 1 unspecified atom stereocenters. The predicted molar refractivity (Wildman–Crippen MR) is 121 cm³/mol. The fourth-order valence-electron chi connectivity index (χ4n) is 2.85. The number of nitrogens with one attached hydrogen (secondary N) is 2. The number of hydrogen-bond donors (Lipinski definition) is 3. The first kappa shape index (κ1) is 22.5. The molecular formula is C23H24N4O3S. The van der Waals surface area contributed by atoms with Crippen molar-refractivity contribution in [3.8, 4) is 0 Å². The van der Waals surface area contributed by atoms with Crippen LogP contribution >= 0.6 is 11.8 Å². The van der Waals surface area contributed by atoms with Crippen LogP contribution < -0.4 is 10.6 Å². The van der Waals surface area contributed by atoms with Crippen LogP contribution in [0.1, 0.15) is 46.6 Å². The second-order valence-electron chi connectivity index (χ2n) is 7.09. The molecule has 2 amide bonds. The van der Waals surface area contributed by atoms with Gasteiger partial charge < -0.3 is 15.7 Å². The molecule has 0 aliphatic heterocycles. The number of thioether (sulfide) groups is 1. The van der Waals surface area contributed by atoms with Crippen LogP contribution in [0.3, 0.4) is 0 Å². The number of benzene rings is 1. The summed E-state index contributed by atoms with van der Waals surface area (Å²) < 4.78 is 0. The Morgan fingerprint density at radius 1 is 1.03 bits per heavy atom. The molecule has 160 valence electrons. The van der Waals surface area contributed by atoms with Crippen molar-refractivity contribution in [3.05, 3.63) is 83.8 Å². The molecule has 3 rings (SSSR count). The summed E-state index contributed by atoms with van der Waals surface area (Å²) in [5.74, 6) is -0.474. The SMILES string of the molecule is CC(C)c1cccc(NC(=O)c2cccnc2SC(NC(=O)CO)c2ccncc2)c1. The third-order valence-corrected chi connectivity index (χ3v) is 5.68. The van der Waals surface area contributed by atoms with Gasteiger partial charge in [-0.25, -0.2) is 4.98 Å². The van der Waals surface area contributed by atoms with E-state index in [2.05, 4.69) is 34.4 Å². The minimum absolute atomic E-state index is 0.293. The Morgan fingerprint density at radius 2 is 1.81 bits per heavy atom. The predicted octanol–water partition coefficient (Wildman–Crippen LogP) is 3.75. The minimum atomic E-state index is -0.635. The largest absolute Gasteiger partial charge is 0.387 e. The third-order valence-electron chi connectivity index (χ3n) is 4.50. The van der Waals surface area contributed by atoms with Gasteiger partial charge in [-0.3, -0.25) is 14.6 Å². The van der Waals surface area contributed by atoms with Gasteiger partial charge in [0.15, 0.2) is 0 Å². The first-order valence-electron chi connectivity index (χ1n) is 9.81. The summed E-state index contributed by atoms with van der Waals surface area (Å²) in [6, 6.07) is 14.6. The lowest BCUT2D eigenvalue weighted by Crippen LogP contribution is -2.29. The lowest BCUT2D eigenvalue weighted by Gasteiger charge is -2.19. The molecule has 8 heteroatoms. The number of carbonyl (C=O) groups is 2. The Balaban J connectivity index is 1.85. The lowest BCUT2D eigenvalue weighted by atomic mass is 10.0. The number of carbonyl (C=O) groups excluding carboxylic acids is 2. The summed E-state index contributed by atoms with van der Waals surface area (Å²) in [6.45, 7) is 3.55. The highest BCUT2D eigenvalue weighted by molar-refractivity contribution is 7.99. The molecule has 31 heavy (non-hydrogen) atoms. The number of nitrogens with zero attached hydrogens (tertiary/aromatic N) is 2. The van der Waals surface area contributed by atoms with Gasteiger partial charge in [0.2, 0.25) is 5.91 Å². The first-order chi connectivity index (χ1) is 15.0. The van der Waals surface area contributed by atoms with E-state index in [-0.39, 0.29) is 5.91 Å². The summed E-state index contributed by atoms with van der Waals surface area (Å²) in [6.07, 6.45) is 4.82. The molecule has 0 aliphatic rings. The topological polar surface area (TPSA) is 104 Å². The van der Waals surface area contributed by atoms with Gasteiger partial charge in [0, 0.05) is 24.3 Å². The maximum absolute atomic E-state index is 13.0. The maximum atomic E-state index is 13.0. The summed E-state index contributed by atoms with van der Waals surface area (Å²) in [7, 11) is 0. The molecule has 7 nitrogen and oxygen atoms in total. The molecule has 3 aromatic rings. The van der Waals surface area contributed by atoms with Gasteiger partial charge >= 0.3 is 0 Å². The second-order valence-corrected chi connectivity index (χ2v) is 8.19. The Morgan fingerprint density at radius 3 is 2.52 bits per heavy atom. The number of aliphatic hydroxyl groups excluding tert-OH is 1. The standard InChI is InChI=1S/C23H24N4O3S/c1-15(2)17-5-3-6-18(13-17)26-21(30)19-7-4-10-25-23(19)31-22(27-20(29)14-28)16-8-11-24-12-9-16/h3-13,15,22,28H,14H2,1-2H3,(H,26,30)(H,27,29). The summed E-state index contributed by atoms with van der Waals surface area (Å²) in [5, 5.41) is 14.7. The van der Waals surface area contributed by atoms with Gasteiger partial charge in [0.05, 0.1) is 5.56 Å². The van der Waals surface area contributed by atoms with E-state index in [4.69, 9.17) is 5.11 Å². The van der Waals surface area contributed by atoms with E-state index in [9.17, 15) is 9.59 Å². The molecule has 0 saturated heterocycles. The smallest absolute Gasteiger partial charge is 0.258 e. The molecule has 3 N–H and O–H groups in total. The fourth-order valence-corrected chi connectivity index (χ4v) is 3.97. The van der Waals surface area contributed by atoms with Crippen LogP contribution in [0.25, 0.3) is 0 Å². The van der Waals surface area contributed by atoms with E-state index < -0.39 is 17.9 Å². The minimum Gasteiger partial charge on any atom is -0.387 e. The third kappa shape index (κ3) is 6.13. The van der Waals surface area contributed by atoms with Crippen molar-refractivity contribution in [2.24, 2.45) is 0 Å². The molecular weight excluding hydrogens is 412 g/mol. The quantitative estimate of drug-likeness (QED) is 0.367. The van der Waals surface area contributed by atoms with Crippen LogP contribution in [0, 0.1) is 0 Å². The van der Waals surface area contributed by atoms with E-state index in [1.54, 1.807) is 42.9 Å². The highest BCUT2D eigenvalue weighted by Gasteiger charge is 2.21. The van der Waals surface area contributed by atoms with Gasteiger partial charge in [0.25, 0.3) is 5.91 Å². The van der Waals surface area contributed by atoms with Crippen molar-refractivity contribution >= 4 is 29.3 Å². The van der Waals surface area contributed by atoms with Gasteiger partial charge in [-0.05, 0) is 53.4 Å². The van der Waals surface area contributed by atoms with Crippen molar-refractivity contribution in [1.82, 2.24) is 15.3 Å². The van der Waals surface area contributed by atoms with Crippen LogP contribution in [-0.2, 0) is 4.79 Å². The molecule has 0 aliphatic carbocycles. The molecule has 1 atom stereocenters. The highest BCUT2D eigenvalue weighted by atomic mass is 32.2. The normalized spacial score (nSPS) is 11.7. The zero-order chi connectivity index (χ0) is 22.2. The average Bonchev–Trinajstić information content (AvgIpc) is 2.79.